The minimum absolute atomic E-state index is 0. The zero-order chi connectivity index (χ0) is 39.4. The minimum Gasteiger partial charge on any atom is -1.00 e. The molecule has 0 aromatic heterocycles. The number of hydrogen-bond donors (Lipinski definition) is 0. The summed E-state index contributed by atoms with van der Waals surface area (Å²) in [5.74, 6) is 0. The van der Waals surface area contributed by atoms with Gasteiger partial charge in [0, 0.05) is 101 Å². The predicted molar refractivity (Wildman–Crippen MR) is 105 cm³/mol. The smallest absolute Gasteiger partial charge is 1.00 e. The van der Waals surface area contributed by atoms with Crippen LogP contribution >= 0.6 is 0 Å². The first-order valence-electron chi connectivity index (χ1n) is 6.74. The molecule has 0 unspecified atom stereocenters. The third-order valence-corrected chi connectivity index (χ3v) is 0. The molecular weight excluding hydrogens is 1650 g/mol. The van der Waals surface area contributed by atoms with Crippen LogP contribution in [-0.4, -0.2) is 222 Å². The molecule has 0 aliphatic heterocycles. The Kier molecular flexibility index (Phi) is 1060. The van der Waals surface area contributed by atoms with Crippen LogP contribution in [0.5, 0.6) is 0 Å². The quantitative estimate of drug-likeness (QED) is 0.160. The van der Waals surface area contributed by atoms with Crippen molar-refractivity contribution in [3.8, 4) is 0 Å². The summed E-state index contributed by atoms with van der Waals surface area (Å²) in [5, 5.41) is 0. The molecular formula is Al3F11Fe3K3Mg3Mn3O33Si11. The van der Waals surface area contributed by atoms with Crippen LogP contribution in [0, 0.1) is 0 Å². The molecule has 0 heterocycles. The van der Waals surface area contributed by atoms with Gasteiger partial charge in [0.2, 0.25) is 0 Å². The zero-order valence-electron chi connectivity index (χ0n) is 32.2. The summed E-state index contributed by atoms with van der Waals surface area (Å²) >= 11 is 0. The molecule has 0 aromatic carbocycles. The molecule has 0 atom stereocenters. The largest absolute Gasteiger partial charge is 3.00 e. The summed E-state index contributed by atoms with van der Waals surface area (Å²) in [4.78, 5) is 187. The first kappa shape index (κ1) is 278. The van der Waals surface area contributed by atoms with Crippen molar-refractivity contribution in [3.05, 3.63) is 0 Å². The second-order valence-electron chi connectivity index (χ2n) is 2.75. The Morgan fingerprint density at radius 1 is 0.171 bits per heavy atom. The molecule has 33 nitrogen and oxygen atoms in total. The molecule has 70 heavy (non-hydrogen) atoms. The maximum atomic E-state index is 8.52. The summed E-state index contributed by atoms with van der Waals surface area (Å²) in [6, 6.07) is 0. The molecule has 0 spiro atoms. The second-order valence-corrected chi connectivity index (χ2v) is 8.25. The van der Waals surface area contributed by atoms with E-state index in [2.05, 4.69) is 0 Å². The predicted octanol–water partition coefficient (Wildman–Crippen LogP) is -75.9. The molecule has 0 rings (SSSR count). The van der Waals surface area contributed by atoms with Gasteiger partial charge in [-0.3, -0.25) is 0 Å². The van der Waals surface area contributed by atoms with Gasteiger partial charge in [0.05, 0.1) is 0 Å². The summed E-state index contributed by atoms with van der Waals surface area (Å²) in [5.41, 5.74) is 0. The van der Waals surface area contributed by atoms with Crippen LogP contribution in [-0.2, 0) is 151 Å². The van der Waals surface area contributed by atoms with Gasteiger partial charge in [-0.1, -0.05) is 0 Å². The van der Waals surface area contributed by atoms with Crippen molar-refractivity contribution >= 4 is 222 Å². The van der Waals surface area contributed by atoms with Crippen LogP contribution in [0.25, 0.3) is 0 Å². The maximum absolute atomic E-state index is 8.52. The van der Waals surface area contributed by atoms with Gasteiger partial charge >= 0.3 is 378 Å². The number of rotatable bonds is 0. The van der Waals surface area contributed by atoms with Crippen molar-refractivity contribution in [3.63, 3.8) is 0 Å². The fourth-order valence-electron chi connectivity index (χ4n) is 0. The van der Waals surface area contributed by atoms with E-state index in [1.54, 1.807) is 0 Å². The molecule has 0 N–H and O–H groups in total. The van der Waals surface area contributed by atoms with Crippen LogP contribution in [0.1, 0.15) is 0 Å². The Balaban J connectivity index is -0.00000000471. The van der Waals surface area contributed by atoms with E-state index >= 15 is 0 Å². The van der Waals surface area contributed by atoms with Crippen molar-refractivity contribution in [1.82, 2.24) is 0 Å². The molecule has 382 valence electrons. The SMILES string of the molecule is O=[Si]([O-])[O-].O=[Si]([O-])[O-].O=[Si]([O-])[O-].O=[Si]([O-])[O-].O=[Si]([O-])[O-].O=[Si]([O-])[O-].O=[Si]([O-])[O-].O=[Si]([O-])[O-].O=[Si]([O-])[O-].O=[Si]([O-])[O-].O=[Si]([O-])[O-].[Al+3].[Al+3].[Al+3].[F-].[F-].[F-].[F-].[F-].[F-].[F-].[F-].[F-].[F-].[F-].[Fe+3].[Fe+3].[Fe+3].[K+].[K+].[K+].[Mg+2].[Mg+2].[Mg+2].[Mn+2].[Mn+2].[Mn+2]. The topological polar surface area (TPSA) is 695 Å². The summed E-state index contributed by atoms with van der Waals surface area (Å²) in [7, 11) is -39.9. The monoisotopic (exact) mass is 1650 g/mol. The molecule has 70 heteroatoms. The van der Waals surface area contributed by atoms with Gasteiger partial charge in [0.25, 0.3) is 0 Å². The van der Waals surface area contributed by atoms with E-state index in [0.29, 0.717) is 0 Å². The van der Waals surface area contributed by atoms with Crippen LogP contribution in [0.2, 0.25) is 0 Å². The Morgan fingerprint density at radius 2 is 0.171 bits per heavy atom. The second kappa shape index (κ2) is 267. The Hall–Kier alpha value is 6.94. The van der Waals surface area contributed by atoms with Gasteiger partial charge in [-0.05, 0) is 0 Å². The van der Waals surface area contributed by atoms with E-state index in [-0.39, 0.29) is 430 Å². The summed E-state index contributed by atoms with van der Waals surface area (Å²) in [6.07, 6.45) is 0. The number of hydrogen-bond acceptors (Lipinski definition) is 33. The van der Waals surface area contributed by atoms with E-state index < -0.39 is 101 Å². The van der Waals surface area contributed by atoms with E-state index in [4.69, 9.17) is 155 Å². The van der Waals surface area contributed by atoms with Crippen molar-refractivity contribution in [1.29, 1.82) is 0 Å². The first-order chi connectivity index (χ1) is 19.1. The van der Waals surface area contributed by atoms with Gasteiger partial charge < -0.3 is 206 Å². The van der Waals surface area contributed by atoms with E-state index in [9.17, 15) is 0 Å². The van der Waals surface area contributed by atoms with Gasteiger partial charge in [0.15, 0.2) is 0 Å². The Bertz CT molecular complexity index is 644. The van der Waals surface area contributed by atoms with Crippen molar-refractivity contribution in [2.45, 2.75) is 0 Å². The molecule has 0 amide bonds. The van der Waals surface area contributed by atoms with Gasteiger partial charge in [0.1, 0.15) is 0 Å². The van der Waals surface area contributed by atoms with E-state index in [0.717, 1.165) is 0 Å². The molecule has 0 saturated heterocycles. The molecule has 0 aliphatic carbocycles. The molecule has 0 bridgehead atoms. The maximum Gasteiger partial charge on any atom is 3.00 e. The van der Waals surface area contributed by atoms with Gasteiger partial charge in [-0.15, -0.1) is 0 Å². The fraction of sp³-hybridized carbons (Fsp3) is 0. The fourth-order valence-corrected chi connectivity index (χ4v) is 0. The molecule has 0 aliphatic rings. The van der Waals surface area contributed by atoms with E-state index in [1.807, 2.05) is 0 Å². The first-order valence-corrected chi connectivity index (χ1v) is 20.2. The van der Waals surface area contributed by atoms with Crippen LogP contribution < -0.4 is 311 Å². The van der Waals surface area contributed by atoms with Gasteiger partial charge in [-0.25, -0.2) is 0 Å². The zero-order valence-corrected chi connectivity index (χ0v) is 67.1. The average Bonchev–Trinajstić information content (AvgIpc) is 2.55. The van der Waals surface area contributed by atoms with Crippen LogP contribution in [0.15, 0.2) is 0 Å². The Labute approximate surface area is 671 Å². The molecule has 6 radical (unpaired) electrons. The third kappa shape index (κ3) is 8510. The van der Waals surface area contributed by atoms with Crippen molar-refractivity contribution in [2.75, 3.05) is 0 Å². The van der Waals surface area contributed by atoms with Crippen molar-refractivity contribution < 1.29 is 463 Å². The normalized spacial score (nSPS) is 3.77. The summed E-state index contributed by atoms with van der Waals surface area (Å²) in [6.45, 7) is 0. The summed E-state index contributed by atoms with van der Waals surface area (Å²) < 4.78 is 93.7. The molecule has 0 saturated carbocycles. The van der Waals surface area contributed by atoms with Crippen molar-refractivity contribution in [2.24, 2.45) is 0 Å². The minimum atomic E-state index is -3.63. The standard InChI is InChI=1S/3Al.11FH.3Fe.3K.3Mg.3Mn.11O3Si/c;;;;;;;;;;;;;;;;;;;;;;;;;;11*1-4(2)3/h;;;11*1H;;;;;;;;;;;;;;;;;;;;;;;/q3*+3;;;;;;;;;;;;3*+3;3*+1;6*+2;11*-2/p-11. The molecule has 0 aromatic rings. The van der Waals surface area contributed by atoms with Crippen LogP contribution in [0.4, 0.5) is 0 Å². The number of halogens is 11. The van der Waals surface area contributed by atoms with Crippen LogP contribution in [0.3, 0.4) is 0 Å². The van der Waals surface area contributed by atoms with E-state index in [1.165, 1.54) is 0 Å². The third-order valence-electron chi connectivity index (χ3n) is 0. The Morgan fingerprint density at radius 3 is 0.171 bits per heavy atom. The molecule has 0 fully saturated rings. The average molecular weight is 1650 g/mol. The van der Waals surface area contributed by atoms with Gasteiger partial charge in [-0.2, -0.15) is 0 Å².